The van der Waals surface area contributed by atoms with Gasteiger partial charge in [-0.25, -0.2) is 0 Å². The van der Waals surface area contributed by atoms with Gasteiger partial charge in [0.25, 0.3) is 0 Å². The molecule has 2 fully saturated rings. The number of carbonyl (C=O) groups excluding carboxylic acids is 3. The normalized spacial score (nSPS) is 26.7. The van der Waals surface area contributed by atoms with E-state index in [0.29, 0.717) is 11.4 Å². The summed E-state index contributed by atoms with van der Waals surface area (Å²) in [6.07, 6.45) is 4.96. The number of imide groups is 1. The number of rotatable bonds is 5. The Morgan fingerprint density at radius 2 is 1.48 bits per heavy atom. The summed E-state index contributed by atoms with van der Waals surface area (Å²) in [7, 11) is 0. The summed E-state index contributed by atoms with van der Waals surface area (Å²) in [6, 6.07) is 16.4. The van der Waals surface area contributed by atoms with Crippen molar-refractivity contribution in [3.63, 3.8) is 0 Å². The summed E-state index contributed by atoms with van der Waals surface area (Å²) < 4.78 is 5.73. The van der Waals surface area contributed by atoms with Gasteiger partial charge >= 0.3 is 0 Å². The highest BCUT2D eigenvalue weighted by molar-refractivity contribution is 6.09. The van der Waals surface area contributed by atoms with E-state index < -0.39 is 0 Å². The van der Waals surface area contributed by atoms with Crippen molar-refractivity contribution in [1.29, 1.82) is 0 Å². The van der Waals surface area contributed by atoms with E-state index in [0.717, 1.165) is 17.1 Å². The molecule has 1 saturated heterocycles. The molecule has 0 aromatic heterocycles. The van der Waals surface area contributed by atoms with Gasteiger partial charge in [-0.3, -0.25) is 19.3 Å². The van der Waals surface area contributed by atoms with Crippen molar-refractivity contribution in [3.8, 4) is 11.5 Å². The molecule has 2 aliphatic carbocycles. The van der Waals surface area contributed by atoms with Crippen LogP contribution in [0.2, 0.25) is 0 Å². The predicted molar refractivity (Wildman–Crippen MR) is 106 cm³/mol. The molecule has 0 radical (unpaired) electrons. The lowest BCUT2D eigenvalue weighted by Crippen LogP contribution is -2.39. The van der Waals surface area contributed by atoms with E-state index in [2.05, 4.69) is 5.32 Å². The zero-order valence-electron chi connectivity index (χ0n) is 15.7. The van der Waals surface area contributed by atoms with E-state index >= 15 is 0 Å². The lowest BCUT2D eigenvalue weighted by atomic mass is 9.85. The van der Waals surface area contributed by atoms with Gasteiger partial charge in [-0.15, -0.1) is 0 Å². The van der Waals surface area contributed by atoms with Gasteiger partial charge in [0, 0.05) is 5.69 Å². The van der Waals surface area contributed by atoms with E-state index in [1.807, 2.05) is 42.5 Å². The fraction of sp³-hybridized carbons (Fsp3) is 0.261. The van der Waals surface area contributed by atoms with E-state index in [9.17, 15) is 14.4 Å². The molecule has 1 N–H and O–H groups in total. The zero-order valence-corrected chi connectivity index (χ0v) is 15.7. The molecule has 29 heavy (non-hydrogen) atoms. The first-order chi connectivity index (χ1) is 14.1. The number of hydrogen-bond acceptors (Lipinski definition) is 4. The molecule has 146 valence electrons. The van der Waals surface area contributed by atoms with Gasteiger partial charge in [-0.1, -0.05) is 30.4 Å². The van der Waals surface area contributed by atoms with Crippen LogP contribution in [0.4, 0.5) is 5.69 Å². The SMILES string of the molecule is O=C(CN1C(=O)[C@@H]2[C@@H](C1=O)[C@H]1C=C[C@H]2C1)Nc1ccc(Oc2ccccc2)cc1. The van der Waals surface area contributed by atoms with Gasteiger partial charge in [0.2, 0.25) is 17.7 Å². The Labute approximate surface area is 168 Å². The number of allylic oxidation sites excluding steroid dienone is 2. The van der Waals surface area contributed by atoms with Crippen molar-refractivity contribution in [3.05, 3.63) is 66.7 Å². The molecule has 2 aromatic carbocycles. The first-order valence-electron chi connectivity index (χ1n) is 9.76. The molecular formula is C23H20N2O4. The molecule has 6 nitrogen and oxygen atoms in total. The summed E-state index contributed by atoms with van der Waals surface area (Å²) in [5.74, 6) is 0.304. The number of nitrogens with zero attached hydrogens (tertiary/aromatic N) is 1. The van der Waals surface area contributed by atoms with Crippen LogP contribution in [0.1, 0.15) is 6.42 Å². The minimum Gasteiger partial charge on any atom is -0.457 e. The fourth-order valence-electron chi connectivity index (χ4n) is 4.69. The molecule has 3 amide bonds. The Morgan fingerprint density at radius 1 is 0.897 bits per heavy atom. The molecule has 0 spiro atoms. The minimum atomic E-state index is -0.385. The Morgan fingerprint density at radius 3 is 2.10 bits per heavy atom. The van der Waals surface area contributed by atoms with E-state index in [4.69, 9.17) is 4.74 Å². The molecule has 1 saturated carbocycles. The van der Waals surface area contributed by atoms with Crippen LogP contribution in [0.5, 0.6) is 11.5 Å². The van der Waals surface area contributed by atoms with Gasteiger partial charge in [-0.05, 0) is 54.7 Å². The van der Waals surface area contributed by atoms with Crippen LogP contribution in [0.25, 0.3) is 0 Å². The van der Waals surface area contributed by atoms with Crippen LogP contribution >= 0.6 is 0 Å². The fourth-order valence-corrected chi connectivity index (χ4v) is 4.69. The van der Waals surface area contributed by atoms with Crippen molar-refractivity contribution in [2.45, 2.75) is 6.42 Å². The molecule has 2 bridgehead atoms. The Kier molecular flexibility index (Phi) is 4.19. The van der Waals surface area contributed by atoms with Crippen molar-refractivity contribution in [1.82, 2.24) is 4.90 Å². The number of para-hydroxylation sites is 1. The van der Waals surface area contributed by atoms with Crippen LogP contribution in [0.15, 0.2) is 66.7 Å². The average Bonchev–Trinajstić information content (AvgIpc) is 3.40. The number of anilines is 1. The Balaban J connectivity index is 1.20. The highest BCUT2D eigenvalue weighted by atomic mass is 16.5. The van der Waals surface area contributed by atoms with Gasteiger partial charge in [0.05, 0.1) is 11.8 Å². The standard InChI is InChI=1S/C23H20N2O4/c26-19(13-25-22(27)20-14-6-7-15(12-14)21(20)23(25)28)24-16-8-10-18(11-9-16)29-17-4-2-1-3-5-17/h1-11,14-15,20-21H,12-13H2,(H,24,26)/t14-,15-,20-,21-/m0/s1. The van der Waals surface area contributed by atoms with Gasteiger partial charge in [0.15, 0.2) is 0 Å². The lowest BCUT2D eigenvalue weighted by molar-refractivity contribution is -0.143. The summed E-state index contributed by atoms with van der Waals surface area (Å²) in [4.78, 5) is 38.9. The summed E-state index contributed by atoms with van der Waals surface area (Å²) in [5, 5.41) is 2.75. The summed E-state index contributed by atoms with van der Waals surface area (Å²) in [6.45, 7) is -0.244. The third kappa shape index (κ3) is 3.10. The third-order valence-corrected chi connectivity index (χ3v) is 5.98. The Bertz CT molecular complexity index is 969. The molecule has 5 rings (SSSR count). The van der Waals surface area contributed by atoms with Crippen molar-refractivity contribution >= 4 is 23.4 Å². The molecule has 6 heteroatoms. The largest absolute Gasteiger partial charge is 0.457 e. The monoisotopic (exact) mass is 388 g/mol. The van der Waals surface area contributed by atoms with Crippen LogP contribution in [0.3, 0.4) is 0 Å². The second-order valence-electron chi connectivity index (χ2n) is 7.75. The Hall–Kier alpha value is -3.41. The second-order valence-corrected chi connectivity index (χ2v) is 7.75. The number of benzene rings is 2. The number of likely N-dealkylation sites (tertiary alicyclic amines) is 1. The first kappa shape index (κ1) is 17.7. The maximum absolute atomic E-state index is 12.7. The molecule has 4 atom stereocenters. The van der Waals surface area contributed by atoms with E-state index in [1.165, 1.54) is 0 Å². The molecular weight excluding hydrogens is 368 g/mol. The number of nitrogens with one attached hydrogen (secondary N) is 1. The zero-order chi connectivity index (χ0) is 20.0. The summed E-state index contributed by atoms with van der Waals surface area (Å²) >= 11 is 0. The highest BCUT2D eigenvalue weighted by Crippen LogP contribution is 2.52. The topological polar surface area (TPSA) is 75.7 Å². The van der Waals surface area contributed by atoms with Crippen molar-refractivity contribution < 1.29 is 19.1 Å². The molecule has 0 unspecified atom stereocenters. The molecule has 2 aromatic rings. The first-order valence-corrected chi connectivity index (χ1v) is 9.76. The number of fused-ring (bicyclic) bond motifs is 5. The number of ether oxygens (including phenoxy) is 1. The molecule has 1 heterocycles. The van der Waals surface area contributed by atoms with Crippen LogP contribution in [0, 0.1) is 23.7 Å². The number of hydrogen-bond donors (Lipinski definition) is 1. The quantitative estimate of drug-likeness (QED) is 0.630. The second kappa shape index (κ2) is 6.88. The van der Waals surface area contributed by atoms with Gasteiger partial charge in [-0.2, -0.15) is 0 Å². The van der Waals surface area contributed by atoms with E-state index in [-0.39, 0.29) is 47.9 Å². The van der Waals surface area contributed by atoms with Gasteiger partial charge < -0.3 is 10.1 Å². The third-order valence-electron chi connectivity index (χ3n) is 5.98. The lowest BCUT2D eigenvalue weighted by Gasteiger charge is -2.17. The average molecular weight is 388 g/mol. The molecule has 1 aliphatic heterocycles. The number of amides is 3. The summed E-state index contributed by atoms with van der Waals surface area (Å²) in [5.41, 5.74) is 0.580. The van der Waals surface area contributed by atoms with Crippen molar-refractivity contribution in [2.75, 3.05) is 11.9 Å². The van der Waals surface area contributed by atoms with E-state index in [1.54, 1.807) is 24.3 Å². The molecule has 3 aliphatic rings. The predicted octanol–water partition coefficient (Wildman–Crippen LogP) is 3.22. The maximum Gasteiger partial charge on any atom is 0.244 e. The maximum atomic E-state index is 12.7. The van der Waals surface area contributed by atoms with Crippen LogP contribution in [-0.2, 0) is 14.4 Å². The highest BCUT2D eigenvalue weighted by Gasteiger charge is 2.59. The number of carbonyl (C=O) groups is 3. The van der Waals surface area contributed by atoms with Gasteiger partial charge in [0.1, 0.15) is 18.0 Å². The smallest absolute Gasteiger partial charge is 0.244 e. The van der Waals surface area contributed by atoms with Crippen LogP contribution in [-0.4, -0.2) is 29.2 Å². The van der Waals surface area contributed by atoms with Crippen molar-refractivity contribution in [2.24, 2.45) is 23.7 Å². The van der Waals surface area contributed by atoms with Crippen LogP contribution < -0.4 is 10.1 Å². The minimum absolute atomic E-state index is 0.145.